The lowest BCUT2D eigenvalue weighted by Gasteiger charge is -2.20. The molecule has 0 fully saturated rings. The van der Waals surface area contributed by atoms with Crippen molar-refractivity contribution < 1.29 is 0 Å². The van der Waals surface area contributed by atoms with Gasteiger partial charge in [-0.15, -0.1) is 21.9 Å². The van der Waals surface area contributed by atoms with Gasteiger partial charge in [0, 0.05) is 4.90 Å². The van der Waals surface area contributed by atoms with E-state index < -0.39 is 0 Å². The molecule has 2 heteroatoms. The maximum absolute atomic E-state index is 4.69. The van der Waals surface area contributed by atoms with Crippen LogP contribution in [0.25, 0.3) is 77.2 Å². The Morgan fingerprint density at radius 1 is 0.400 bits per heavy atom. The molecule has 7 aromatic rings. The Bertz CT molecular complexity index is 2000. The maximum atomic E-state index is 4.69. The molecule has 188 valence electrons. The first-order valence-corrected chi connectivity index (χ1v) is 14.6. The van der Waals surface area contributed by atoms with E-state index >= 15 is 0 Å². The Hall–Kier alpha value is -4.16. The molecule has 0 nitrogen and oxygen atoms in total. The third-order valence-electron chi connectivity index (χ3n) is 8.17. The predicted octanol–water partition coefficient (Wildman–Crippen LogP) is 10.4. The van der Waals surface area contributed by atoms with E-state index in [1.807, 2.05) is 0 Å². The van der Waals surface area contributed by atoms with Crippen LogP contribution in [0.2, 0.25) is 0 Å². The van der Waals surface area contributed by atoms with E-state index in [2.05, 4.69) is 143 Å². The number of hydrogen-bond acceptors (Lipinski definition) is 1. The SMILES string of the molecule is Pc1cc(S)cc(-c2ccc3c4c(cccc24)-c2c-3c(-c3ccccc3)c3ccccc3c2-c2ccccc2)c1. The highest BCUT2D eigenvalue weighted by molar-refractivity contribution is 7.80. The molecule has 8 rings (SSSR count). The highest BCUT2D eigenvalue weighted by Crippen LogP contribution is 2.58. The summed E-state index contributed by atoms with van der Waals surface area (Å²) < 4.78 is 0. The van der Waals surface area contributed by atoms with Crippen LogP contribution in [0.4, 0.5) is 0 Å². The van der Waals surface area contributed by atoms with Crippen LogP contribution in [0.3, 0.4) is 0 Å². The lowest BCUT2D eigenvalue weighted by molar-refractivity contribution is 1.50. The second-order valence-electron chi connectivity index (χ2n) is 10.5. The molecule has 0 aromatic heterocycles. The zero-order valence-corrected chi connectivity index (χ0v) is 23.8. The van der Waals surface area contributed by atoms with Crippen molar-refractivity contribution in [1.29, 1.82) is 0 Å². The number of thiol groups is 1. The first-order valence-electron chi connectivity index (χ1n) is 13.5. The summed E-state index contributed by atoms with van der Waals surface area (Å²) in [7, 11) is 2.83. The molecule has 1 aliphatic carbocycles. The van der Waals surface area contributed by atoms with E-state index in [9.17, 15) is 0 Å². The van der Waals surface area contributed by atoms with Crippen molar-refractivity contribution in [3.63, 3.8) is 0 Å². The van der Waals surface area contributed by atoms with E-state index in [4.69, 9.17) is 12.6 Å². The second-order valence-corrected chi connectivity index (χ2v) is 11.7. The number of hydrogen-bond donors (Lipinski definition) is 1. The van der Waals surface area contributed by atoms with E-state index in [-0.39, 0.29) is 0 Å². The van der Waals surface area contributed by atoms with Crippen LogP contribution in [0, 0.1) is 0 Å². The second kappa shape index (κ2) is 9.20. The Kier molecular flexibility index (Phi) is 5.45. The van der Waals surface area contributed by atoms with Gasteiger partial charge in [0.15, 0.2) is 0 Å². The van der Waals surface area contributed by atoms with Gasteiger partial charge in [-0.05, 0) is 101 Å². The molecule has 0 radical (unpaired) electrons. The largest absolute Gasteiger partial charge is 0.143 e. The fraction of sp³-hybridized carbons (Fsp3) is 0. The van der Waals surface area contributed by atoms with Gasteiger partial charge < -0.3 is 0 Å². The van der Waals surface area contributed by atoms with Gasteiger partial charge in [-0.1, -0.05) is 115 Å². The summed E-state index contributed by atoms with van der Waals surface area (Å²) in [5, 5.41) is 6.31. The normalized spacial score (nSPS) is 11.8. The summed E-state index contributed by atoms with van der Waals surface area (Å²) in [5.41, 5.74) is 12.8. The molecule has 0 amide bonds. The van der Waals surface area contributed by atoms with E-state index in [0.717, 1.165) is 10.2 Å². The van der Waals surface area contributed by atoms with Crippen molar-refractivity contribution >= 4 is 48.7 Å². The number of benzene rings is 7. The van der Waals surface area contributed by atoms with Crippen molar-refractivity contribution in [2.24, 2.45) is 0 Å². The quantitative estimate of drug-likeness (QED) is 0.166. The molecule has 1 unspecified atom stereocenters. The van der Waals surface area contributed by atoms with E-state index in [1.54, 1.807) is 0 Å². The molecule has 0 heterocycles. The molecule has 0 N–H and O–H groups in total. The molecule has 40 heavy (non-hydrogen) atoms. The van der Waals surface area contributed by atoms with Crippen molar-refractivity contribution in [3.8, 4) is 55.6 Å². The van der Waals surface area contributed by atoms with Crippen molar-refractivity contribution in [2.75, 3.05) is 0 Å². The number of rotatable bonds is 3. The lowest BCUT2D eigenvalue weighted by Crippen LogP contribution is -1.93. The van der Waals surface area contributed by atoms with Crippen LogP contribution in [0.15, 0.2) is 138 Å². The zero-order chi connectivity index (χ0) is 26.8. The van der Waals surface area contributed by atoms with E-state index in [0.29, 0.717) is 0 Å². The lowest BCUT2D eigenvalue weighted by atomic mass is 9.82. The van der Waals surface area contributed by atoms with Crippen LogP contribution >= 0.6 is 21.9 Å². The van der Waals surface area contributed by atoms with Crippen molar-refractivity contribution in [1.82, 2.24) is 0 Å². The van der Waals surface area contributed by atoms with Crippen molar-refractivity contribution in [2.45, 2.75) is 4.90 Å². The summed E-state index contributed by atoms with van der Waals surface area (Å²) in [6.07, 6.45) is 0. The van der Waals surface area contributed by atoms with Crippen LogP contribution in [-0.4, -0.2) is 0 Å². The van der Waals surface area contributed by atoms with Gasteiger partial charge in [-0.25, -0.2) is 0 Å². The Labute approximate surface area is 242 Å². The minimum atomic E-state index is 0.970. The van der Waals surface area contributed by atoms with Gasteiger partial charge in [0.05, 0.1) is 0 Å². The zero-order valence-electron chi connectivity index (χ0n) is 21.7. The smallest absolute Gasteiger partial charge is 0.00523 e. The first kappa shape index (κ1) is 23.7. The van der Waals surface area contributed by atoms with Gasteiger partial charge in [-0.2, -0.15) is 0 Å². The third kappa shape index (κ3) is 3.52. The molecule has 0 saturated heterocycles. The summed E-state index contributed by atoms with van der Waals surface area (Å²) >= 11 is 4.69. The molecular formula is C38H25PS. The molecule has 1 aliphatic rings. The minimum absolute atomic E-state index is 0.970. The molecule has 0 bridgehead atoms. The first-order chi connectivity index (χ1) is 19.7. The molecule has 0 spiro atoms. The molecule has 0 saturated carbocycles. The summed E-state index contributed by atoms with van der Waals surface area (Å²) in [5.74, 6) is 0. The van der Waals surface area contributed by atoms with Crippen LogP contribution in [0.5, 0.6) is 0 Å². The fourth-order valence-corrected chi connectivity index (χ4v) is 7.44. The van der Waals surface area contributed by atoms with Gasteiger partial charge >= 0.3 is 0 Å². The van der Waals surface area contributed by atoms with E-state index in [1.165, 1.54) is 77.2 Å². The molecule has 0 aliphatic heterocycles. The summed E-state index contributed by atoms with van der Waals surface area (Å²) in [4.78, 5) is 0.970. The Balaban J connectivity index is 1.57. The van der Waals surface area contributed by atoms with Gasteiger partial charge in [0.25, 0.3) is 0 Å². The highest BCUT2D eigenvalue weighted by Gasteiger charge is 2.31. The third-order valence-corrected chi connectivity index (χ3v) is 8.76. The minimum Gasteiger partial charge on any atom is -0.143 e. The van der Waals surface area contributed by atoms with Crippen molar-refractivity contribution in [3.05, 3.63) is 133 Å². The topological polar surface area (TPSA) is 0 Å². The highest BCUT2D eigenvalue weighted by atomic mass is 32.1. The van der Waals surface area contributed by atoms with Crippen LogP contribution in [-0.2, 0) is 0 Å². The van der Waals surface area contributed by atoms with Gasteiger partial charge in [-0.3, -0.25) is 0 Å². The number of fused-ring (bicyclic) bond motifs is 4. The fourth-order valence-electron chi connectivity index (χ4n) is 6.65. The molecule has 1 atom stereocenters. The van der Waals surface area contributed by atoms with Crippen LogP contribution < -0.4 is 5.30 Å². The monoisotopic (exact) mass is 544 g/mol. The maximum Gasteiger partial charge on any atom is 0.00523 e. The summed E-state index contributed by atoms with van der Waals surface area (Å²) in [6.45, 7) is 0. The average molecular weight is 545 g/mol. The average Bonchev–Trinajstić information content (AvgIpc) is 3.31. The van der Waals surface area contributed by atoms with Gasteiger partial charge in [0.1, 0.15) is 0 Å². The Morgan fingerprint density at radius 2 is 0.925 bits per heavy atom. The standard InChI is InChI=1S/C38H25PS/c39-26-20-25(21-27(40)22-26)28-18-19-33-36-29(28)16-9-17-32(36)37-34(23-10-3-1-4-11-23)30-14-7-8-15-31(30)35(38(33)37)24-12-5-2-6-13-24/h1-22,40H,39H2. The predicted molar refractivity (Wildman–Crippen MR) is 179 cm³/mol. The molecule has 7 aromatic carbocycles. The Morgan fingerprint density at radius 3 is 1.52 bits per heavy atom. The molecular weight excluding hydrogens is 519 g/mol. The summed E-state index contributed by atoms with van der Waals surface area (Å²) in [6, 6.07) is 48.6. The van der Waals surface area contributed by atoms with Gasteiger partial charge in [0.2, 0.25) is 0 Å². The van der Waals surface area contributed by atoms with Crippen LogP contribution in [0.1, 0.15) is 0 Å².